The first-order valence-electron chi connectivity index (χ1n) is 35.0. The molecule has 19 nitrogen and oxygen atoms in total. The number of aromatic hydroxyl groups is 1. The Bertz CT molecular complexity index is 4930. The van der Waals surface area contributed by atoms with Crippen LogP contribution in [0.5, 0.6) is 5.75 Å². The van der Waals surface area contributed by atoms with E-state index in [1.165, 1.54) is 0 Å². The van der Waals surface area contributed by atoms with Crippen LogP contribution >= 0.6 is 0 Å². The summed E-state index contributed by atoms with van der Waals surface area (Å²) in [6.07, 6.45) is 11.9. The smallest absolute Gasteiger partial charge is 0.328 e. The molecular weight excluding hydrogens is 1420 g/mol. The van der Waals surface area contributed by atoms with E-state index < -0.39 is 35.8 Å². The van der Waals surface area contributed by atoms with Gasteiger partial charge in [0.25, 0.3) is 0 Å². The fraction of sp³-hybridized carbons (Fsp3) is 0.0968. The Kier molecular flexibility index (Phi) is 31.1. The molecule has 0 aliphatic rings. The van der Waals surface area contributed by atoms with Gasteiger partial charge in [-0.3, -0.25) is 28.8 Å². The van der Waals surface area contributed by atoms with Gasteiger partial charge in [0.15, 0.2) is 34.7 Å². The zero-order valence-corrected chi connectivity index (χ0v) is 60.2. The van der Waals surface area contributed by atoms with Gasteiger partial charge in [-0.1, -0.05) is 243 Å². The second-order valence-corrected chi connectivity index (χ2v) is 25.6. The fourth-order valence-electron chi connectivity index (χ4n) is 12.1. The molecule has 7 N–H and O–H groups in total. The zero-order valence-electron chi connectivity index (χ0n) is 60.2. The van der Waals surface area contributed by atoms with Gasteiger partial charge in [0.2, 0.25) is 0 Å². The molecule has 0 bridgehead atoms. The molecular formula is C93H76O19. The SMILES string of the molecule is O=C(O)/C=C/C(=O)Cc1ccc(C(c2ccc(CC(=O)/C=C/C(=O)O)cc2)c2ccc(-c3ccccc3)cc2)cc1.O=C(O)/C=C/C(=O)Cc1ccc(C(c2ccc(O)cc2)c2ccc(CC(=O)/C=C/C(=O)O)cc2)cc1.O=C(O)/C=C/C(=O)Cc1ccc(C(c2ccccc2)c2ccc(CC(=O)/C=C/C(=O)O)cc2)cc1. The molecule has 10 rings (SSSR count). The predicted octanol–water partition coefficient (Wildman–Crippen LogP) is 14.5. The first kappa shape index (κ1) is 82.9. The van der Waals surface area contributed by atoms with Gasteiger partial charge in [-0.25, -0.2) is 28.8 Å². The Morgan fingerprint density at radius 1 is 0.196 bits per heavy atom. The van der Waals surface area contributed by atoms with Gasteiger partial charge in [-0.05, 0) is 143 Å². The maximum absolute atomic E-state index is 12.1. The average molecular weight is 1500 g/mol. The highest BCUT2D eigenvalue weighted by atomic mass is 16.4. The van der Waals surface area contributed by atoms with Crippen molar-refractivity contribution >= 4 is 70.5 Å². The van der Waals surface area contributed by atoms with Crippen LogP contribution in [0.4, 0.5) is 0 Å². The number of allylic oxidation sites excluding steroid dienone is 6. The van der Waals surface area contributed by atoms with Crippen LogP contribution in [0, 0.1) is 0 Å². The highest BCUT2D eigenvalue weighted by Crippen LogP contribution is 2.37. The fourth-order valence-corrected chi connectivity index (χ4v) is 12.1. The van der Waals surface area contributed by atoms with Crippen molar-refractivity contribution in [2.45, 2.75) is 56.3 Å². The molecule has 0 fully saturated rings. The third-order valence-corrected chi connectivity index (χ3v) is 17.3. The third kappa shape index (κ3) is 27.6. The second kappa shape index (κ2) is 42.0. The minimum atomic E-state index is -1.18. The lowest BCUT2D eigenvalue weighted by molar-refractivity contribution is -0.132. The van der Waals surface area contributed by atoms with Crippen LogP contribution in [0.3, 0.4) is 0 Å². The monoisotopic (exact) mass is 1500 g/mol. The minimum Gasteiger partial charge on any atom is -0.508 e. The van der Waals surface area contributed by atoms with Crippen molar-refractivity contribution in [2.24, 2.45) is 0 Å². The highest BCUT2D eigenvalue weighted by Gasteiger charge is 2.22. The van der Waals surface area contributed by atoms with Crippen molar-refractivity contribution in [3.63, 3.8) is 0 Å². The lowest BCUT2D eigenvalue weighted by Gasteiger charge is -2.20. The average Bonchev–Trinajstić information content (AvgIpc) is 0.820. The standard InChI is InChI=1S/C35H28O6.C29H24O7.C29H24O6/c36-31(18-20-33(38)39)22-24-6-10-28(11-7-24)35(30-16-14-27(15-17-30)26-4-2-1-3-5-26)29-12-8-25(9-13-29)23-32(37)19-21-34(40)41;30-24-11-9-23(10-12-24)29(21-5-1-19(2-6-21)17-25(31)13-15-27(33)34)22-7-3-20(4-8-22)18-26(32)14-16-28(35)36;30-25(14-16-27(32)33)18-20-6-10-23(11-7-20)29(22-4-2-1-3-5-22)24-12-8-21(9-13-24)19-26(31)15-17-28(34)35/h1-21,35H,22-23H2,(H,38,39)(H,40,41);1-16,29-30H,17-18H2,(H,33,34)(H,35,36);1-17,29H,18-19H2,(H,32,33)(H,34,35)/b20-18+,21-19+;15-13+,16-14+;16-14+,17-15+. The Labute approximate surface area is 644 Å². The van der Waals surface area contributed by atoms with Crippen LogP contribution < -0.4 is 0 Å². The van der Waals surface area contributed by atoms with Crippen LogP contribution in [-0.4, -0.2) is 106 Å². The number of ketones is 6. The van der Waals surface area contributed by atoms with Gasteiger partial charge in [-0.15, -0.1) is 0 Å². The van der Waals surface area contributed by atoms with Crippen molar-refractivity contribution in [1.29, 1.82) is 0 Å². The second-order valence-electron chi connectivity index (χ2n) is 25.6. The quantitative estimate of drug-likeness (QED) is 0.0145. The molecule has 0 saturated carbocycles. The summed E-state index contributed by atoms with van der Waals surface area (Å²) in [5.41, 5.74) is 15.8. The molecule has 0 aliphatic heterocycles. The molecule has 0 aliphatic carbocycles. The minimum absolute atomic E-state index is 0.0764. The topological polar surface area (TPSA) is 346 Å². The van der Waals surface area contributed by atoms with E-state index in [2.05, 4.69) is 36.4 Å². The number of carbonyl (C=O) groups excluding carboxylic acids is 6. The molecule has 0 spiro atoms. The van der Waals surface area contributed by atoms with E-state index in [-0.39, 0.29) is 96.7 Å². The highest BCUT2D eigenvalue weighted by molar-refractivity contribution is 6.00. The van der Waals surface area contributed by atoms with Gasteiger partial charge in [0.1, 0.15) is 5.75 Å². The molecule has 0 aromatic heterocycles. The maximum atomic E-state index is 12.1. The van der Waals surface area contributed by atoms with Crippen molar-refractivity contribution in [3.05, 3.63) is 411 Å². The van der Waals surface area contributed by atoms with Gasteiger partial charge in [0, 0.05) is 92.7 Å². The number of hydrogen-bond acceptors (Lipinski definition) is 13. The molecule has 0 atom stereocenters. The molecule has 562 valence electrons. The normalized spacial score (nSPS) is 11.2. The number of benzene rings is 10. The van der Waals surface area contributed by atoms with Crippen LogP contribution in [0.2, 0.25) is 0 Å². The van der Waals surface area contributed by atoms with Gasteiger partial charge in [-0.2, -0.15) is 0 Å². The number of carboxylic acid groups (broad SMARTS) is 6. The van der Waals surface area contributed by atoms with Crippen molar-refractivity contribution in [2.75, 3.05) is 0 Å². The number of carbonyl (C=O) groups is 12. The van der Waals surface area contributed by atoms with Crippen molar-refractivity contribution in [3.8, 4) is 16.9 Å². The summed E-state index contributed by atoms with van der Waals surface area (Å²) < 4.78 is 0. The van der Waals surface area contributed by atoms with Gasteiger partial charge >= 0.3 is 35.8 Å². The summed E-state index contributed by atoms with van der Waals surface area (Å²) in [6.45, 7) is 0. The first-order chi connectivity index (χ1) is 53.8. The van der Waals surface area contributed by atoms with Crippen molar-refractivity contribution < 1.29 is 93.3 Å². The van der Waals surface area contributed by atoms with E-state index in [1.54, 1.807) is 12.1 Å². The Hall–Kier alpha value is -14.7. The summed E-state index contributed by atoms with van der Waals surface area (Å²) >= 11 is 0. The summed E-state index contributed by atoms with van der Waals surface area (Å²) in [5, 5.41) is 61.9. The Balaban J connectivity index is 0.000000212. The number of rotatable bonds is 34. The molecule has 10 aromatic carbocycles. The van der Waals surface area contributed by atoms with Crippen LogP contribution in [-0.2, 0) is 96.1 Å². The first-order valence-corrected chi connectivity index (χ1v) is 35.0. The maximum Gasteiger partial charge on any atom is 0.328 e. The molecule has 10 aromatic rings. The number of carboxylic acids is 6. The van der Waals surface area contributed by atoms with E-state index in [1.807, 2.05) is 206 Å². The van der Waals surface area contributed by atoms with E-state index in [0.717, 1.165) is 167 Å². The summed E-state index contributed by atoms with van der Waals surface area (Å²) in [5.74, 6) is -9.07. The van der Waals surface area contributed by atoms with Crippen LogP contribution in [0.1, 0.15) is 101 Å². The van der Waals surface area contributed by atoms with E-state index in [9.17, 15) is 62.6 Å². The number of aliphatic carboxylic acids is 6. The van der Waals surface area contributed by atoms with E-state index >= 15 is 0 Å². The molecule has 0 unspecified atom stereocenters. The molecule has 0 amide bonds. The molecule has 19 heteroatoms. The summed E-state index contributed by atoms with van der Waals surface area (Å²) in [6, 6.07) is 80.7. The van der Waals surface area contributed by atoms with Crippen molar-refractivity contribution in [1.82, 2.24) is 0 Å². The van der Waals surface area contributed by atoms with Crippen LogP contribution in [0.25, 0.3) is 11.1 Å². The summed E-state index contributed by atoms with van der Waals surface area (Å²) in [7, 11) is 0. The molecule has 0 radical (unpaired) electrons. The molecule has 0 saturated heterocycles. The lowest BCUT2D eigenvalue weighted by atomic mass is 9.83. The summed E-state index contributed by atoms with van der Waals surface area (Å²) in [4.78, 5) is 136. The Morgan fingerprint density at radius 2 is 0.357 bits per heavy atom. The number of phenols is 1. The zero-order chi connectivity index (χ0) is 80.5. The largest absolute Gasteiger partial charge is 0.508 e. The number of hydrogen-bond donors (Lipinski definition) is 7. The molecule has 112 heavy (non-hydrogen) atoms. The van der Waals surface area contributed by atoms with E-state index in [4.69, 9.17) is 30.6 Å². The van der Waals surface area contributed by atoms with Gasteiger partial charge < -0.3 is 35.7 Å². The lowest BCUT2D eigenvalue weighted by Crippen LogP contribution is -2.06. The molecule has 0 heterocycles. The van der Waals surface area contributed by atoms with E-state index in [0.29, 0.717) is 0 Å². The third-order valence-electron chi connectivity index (χ3n) is 17.3. The van der Waals surface area contributed by atoms with Crippen LogP contribution in [0.15, 0.2) is 328 Å². The Morgan fingerprint density at radius 3 is 0.554 bits per heavy atom. The van der Waals surface area contributed by atoms with Gasteiger partial charge in [0.05, 0.1) is 0 Å². The predicted molar refractivity (Wildman–Crippen MR) is 421 cm³/mol. The number of phenolic OH excluding ortho intramolecular Hbond substituents is 1.